The van der Waals surface area contributed by atoms with E-state index in [4.69, 9.17) is 11.6 Å². The number of phenolic OH excluding ortho intramolecular Hbond substituents is 1. The Morgan fingerprint density at radius 2 is 2.23 bits per heavy atom. The number of hydrogen-bond donors (Lipinski definition) is 1. The Kier molecular flexibility index (Phi) is 3.53. The molecule has 1 N–H and O–H groups in total. The molecule has 68 valence electrons. The van der Waals surface area contributed by atoms with Crippen LogP contribution in [-0.2, 0) is 6.42 Å². The van der Waals surface area contributed by atoms with E-state index < -0.39 is 0 Å². The van der Waals surface area contributed by atoms with E-state index in [-0.39, 0.29) is 5.75 Å². The summed E-state index contributed by atoms with van der Waals surface area (Å²) in [5, 5.41) is 9.19. The number of allylic oxidation sites excluding steroid dienone is 1. The summed E-state index contributed by atoms with van der Waals surface area (Å²) in [5.41, 5.74) is 2.67. The van der Waals surface area contributed by atoms with Crippen molar-refractivity contribution in [1.82, 2.24) is 0 Å². The van der Waals surface area contributed by atoms with Crippen molar-refractivity contribution in [2.75, 3.05) is 0 Å². The third-order valence-corrected chi connectivity index (χ3v) is 1.84. The summed E-state index contributed by atoms with van der Waals surface area (Å²) in [7, 11) is 0. The van der Waals surface area contributed by atoms with E-state index in [1.807, 2.05) is 0 Å². The van der Waals surface area contributed by atoms with E-state index in [0.29, 0.717) is 18.3 Å². The van der Waals surface area contributed by atoms with E-state index in [1.54, 1.807) is 18.2 Å². The highest BCUT2D eigenvalue weighted by Crippen LogP contribution is 2.16. The lowest BCUT2D eigenvalue weighted by Gasteiger charge is -1.99. The van der Waals surface area contributed by atoms with Crippen molar-refractivity contribution in [1.29, 1.82) is 0 Å². The van der Waals surface area contributed by atoms with Crippen molar-refractivity contribution in [3.05, 3.63) is 40.9 Å². The number of hydrogen-bond acceptors (Lipinski definition) is 2. The molecule has 0 saturated heterocycles. The fraction of sp³-hybridized carbons (Fsp3) is 0.100. The third-order valence-electron chi connectivity index (χ3n) is 1.66. The predicted octanol–water partition coefficient (Wildman–Crippen LogP) is 2.50. The Bertz CT molecular complexity index is 332. The number of benzene rings is 1. The molecule has 0 unspecified atom stereocenters. The van der Waals surface area contributed by atoms with Crippen molar-refractivity contribution >= 4 is 17.9 Å². The highest BCUT2D eigenvalue weighted by molar-refractivity contribution is 6.25. The summed E-state index contributed by atoms with van der Waals surface area (Å²) in [6, 6.07) is 4.89. The highest BCUT2D eigenvalue weighted by atomic mass is 35.5. The number of carbonyl (C=O) groups is 1. The van der Waals surface area contributed by atoms with Gasteiger partial charge in [0.25, 0.3) is 0 Å². The van der Waals surface area contributed by atoms with Crippen LogP contribution in [0.25, 0.3) is 0 Å². The molecule has 0 fully saturated rings. The monoisotopic (exact) mass is 196 g/mol. The molecule has 2 nitrogen and oxygen atoms in total. The quantitative estimate of drug-likeness (QED) is 0.755. The minimum Gasteiger partial charge on any atom is -0.507 e. The molecule has 0 saturated carbocycles. The normalized spacial score (nSPS) is 10.5. The highest BCUT2D eigenvalue weighted by Gasteiger charge is 1.99. The summed E-state index contributed by atoms with van der Waals surface area (Å²) in [6.07, 6.45) is 3.05. The second kappa shape index (κ2) is 4.67. The first-order chi connectivity index (χ1) is 6.27. The number of rotatable bonds is 3. The van der Waals surface area contributed by atoms with Gasteiger partial charge in [-0.05, 0) is 24.1 Å². The van der Waals surface area contributed by atoms with Crippen molar-refractivity contribution in [3.8, 4) is 5.75 Å². The van der Waals surface area contributed by atoms with E-state index in [9.17, 15) is 9.90 Å². The van der Waals surface area contributed by atoms with E-state index in [2.05, 4.69) is 0 Å². The van der Waals surface area contributed by atoms with Gasteiger partial charge in [0, 0.05) is 5.54 Å². The van der Waals surface area contributed by atoms with Gasteiger partial charge in [-0.2, -0.15) is 0 Å². The molecule has 0 aliphatic heterocycles. The Hall–Kier alpha value is -1.28. The van der Waals surface area contributed by atoms with Crippen LogP contribution in [0.2, 0.25) is 0 Å². The minimum absolute atomic E-state index is 0.00797. The largest absolute Gasteiger partial charge is 0.507 e. The predicted molar refractivity (Wildman–Crippen MR) is 52.2 cm³/mol. The van der Waals surface area contributed by atoms with Gasteiger partial charge in [-0.25, -0.2) is 0 Å². The number of aromatic hydroxyl groups is 1. The molecule has 0 aromatic heterocycles. The molecule has 0 heterocycles. The first kappa shape index (κ1) is 9.81. The number of phenols is 1. The average Bonchev–Trinajstić information content (AvgIpc) is 2.16. The summed E-state index contributed by atoms with van der Waals surface area (Å²) < 4.78 is 0. The smallest absolute Gasteiger partial charge is 0.153 e. The molecule has 1 aromatic rings. The summed E-state index contributed by atoms with van der Waals surface area (Å²) in [4.78, 5) is 10.4. The maximum Gasteiger partial charge on any atom is 0.153 e. The van der Waals surface area contributed by atoms with Crippen LogP contribution < -0.4 is 0 Å². The van der Waals surface area contributed by atoms with Gasteiger partial charge in [-0.15, -0.1) is 0 Å². The zero-order chi connectivity index (χ0) is 9.68. The Morgan fingerprint density at radius 1 is 1.46 bits per heavy atom. The lowest BCUT2D eigenvalue weighted by Crippen LogP contribution is -1.86. The second-order valence-corrected chi connectivity index (χ2v) is 2.83. The molecule has 1 rings (SSSR count). The third kappa shape index (κ3) is 2.60. The van der Waals surface area contributed by atoms with Gasteiger partial charge in [0.05, 0.1) is 5.56 Å². The first-order valence-corrected chi connectivity index (χ1v) is 4.24. The first-order valence-electron chi connectivity index (χ1n) is 3.80. The molecule has 0 amide bonds. The van der Waals surface area contributed by atoms with Crippen molar-refractivity contribution in [3.63, 3.8) is 0 Å². The lowest BCUT2D eigenvalue weighted by molar-refractivity contribution is 0.112. The number of aldehydes is 1. The van der Waals surface area contributed by atoms with Crippen LogP contribution >= 0.6 is 11.6 Å². The van der Waals surface area contributed by atoms with E-state index in [0.717, 1.165) is 5.56 Å². The van der Waals surface area contributed by atoms with Gasteiger partial charge >= 0.3 is 0 Å². The van der Waals surface area contributed by atoms with Crippen LogP contribution in [0, 0.1) is 0 Å². The Morgan fingerprint density at radius 3 is 2.85 bits per heavy atom. The van der Waals surface area contributed by atoms with Gasteiger partial charge in [0.15, 0.2) is 6.29 Å². The van der Waals surface area contributed by atoms with Gasteiger partial charge in [0.1, 0.15) is 5.75 Å². The Balaban J connectivity index is 2.92. The maximum atomic E-state index is 10.4. The van der Waals surface area contributed by atoms with Crippen LogP contribution in [-0.4, -0.2) is 11.4 Å². The molecule has 1 aromatic carbocycles. The van der Waals surface area contributed by atoms with Gasteiger partial charge in [0.2, 0.25) is 0 Å². The zero-order valence-corrected chi connectivity index (χ0v) is 7.66. The Labute approximate surface area is 81.5 Å². The van der Waals surface area contributed by atoms with Crippen LogP contribution in [0.15, 0.2) is 29.8 Å². The molecule has 0 spiro atoms. The molecule has 3 heteroatoms. The topological polar surface area (TPSA) is 37.3 Å². The van der Waals surface area contributed by atoms with Crippen LogP contribution in [0.5, 0.6) is 5.75 Å². The molecule has 0 aliphatic rings. The maximum absolute atomic E-state index is 10.4. The molecular weight excluding hydrogens is 188 g/mol. The van der Waals surface area contributed by atoms with Crippen LogP contribution in [0.1, 0.15) is 15.9 Å². The van der Waals surface area contributed by atoms with E-state index in [1.165, 1.54) is 11.6 Å². The molecular formula is C10H9ClO2. The average molecular weight is 197 g/mol. The van der Waals surface area contributed by atoms with Crippen molar-refractivity contribution in [2.45, 2.75) is 6.42 Å². The van der Waals surface area contributed by atoms with Gasteiger partial charge < -0.3 is 5.11 Å². The van der Waals surface area contributed by atoms with Crippen molar-refractivity contribution in [2.24, 2.45) is 0 Å². The summed E-state index contributed by atoms with van der Waals surface area (Å²) in [6.45, 7) is 0. The number of halogens is 1. The second-order valence-electron chi connectivity index (χ2n) is 2.58. The fourth-order valence-electron chi connectivity index (χ4n) is 1.01. The van der Waals surface area contributed by atoms with Gasteiger partial charge in [-0.1, -0.05) is 23.7 Å². The number of carbonyl (C=O) groups excluding carboxylic acids is 1. The van der Waals surface area contributed by atoms with E-state index >= 15 is 0 Å². The lowest BCUT2D eigenvalue weighted by atomic mass is 10.1. The van der Waals surface area contributed by atoms with Crippen molar-refractivity contribution < 1.29 is 9.90 Å². The SMILES string of the molecule is O=Cc1cc(CC=CCl)ccc1O. The summed E-state index contributed by atoms with van der Waals surface area (Å²) in [5.74, 6) is 0.00797. The summed E-state index contributed by atoms with van der Waals surface area (Å²) >= 11 is 5.36. The molecule has 13 heavy (non-hydrogen) atoms. The standard InChI is InChI=1S/C10H9ClO2/c11-5-1-2-8-3-4-10(13)9(6-8)7-12/h1,3-7,13H,2H2. The molecule has 0 aliphatic carbocycles. The van der Waals surface area contributed by atoms with Crippen LogP contribution in [0.4, 0.5) is 0 Å². The zero-order valence-electron chi connectivity index (χ0n) is 6.90. The molecule has 0 atom stereocenters. The molecule has 0 bridgehead atoms. The molecule has 0 radical (unpaired) electrons. The minimum atomic E-state index is 0.00797. The fourth-order valence-corrected chi connectivity index (χ4v) is 1.10. The van der Waals surface area contributed by atoms with Gasteiger partial charge in [-0.3, -0.25) is 4.79 Å². The van der Waals surface area contributed by atoms with Crippen LogP contribution in [0.3, 0.4) is 0 Å².